The first kappa shape index (κ1) is 26.2. The molecule has 0 aliphatic heterocycles. The molecule has 0 amide bonds. The first-order chi connectivity index (χ1) is 17.0. The molecule has 0 bridgehead atoms. The molecule has 0 spiro atoms. The summed E-state index contributed by atoms with van der Waals surface area (Å²) in [6, 6.07) is 9.63. The van der Waals surface area contributed by atoms with Crippen molar-refractivity contribution in [2.45, 2.75) is 65.2 Å². The van der Waals surface area contributed by atoms with Crippen LogP contribution in [0.2, 0.25) is 0 Å². The van der Waals surface area contributed by atoms with Crippen LogP contribution in [0, 0.1) is 6.92 Å². The number of benzene rings is 1. The first-order valence-electron chi connectivity index (χ1n) is 12.5. The van der Waals surface area contributed by atoms with Gasteiger partial charge < -0.3 is 13.9 Å². The van der Waals surface area contributed by atoms with E-state index >= 15 is 0 Å². The predicted molar refractivity (Wildman–Crippen MR) is 139 cm³/mol. The number of pyridine rings is 1. The zero-order valence-corrected chi connectivity index (χ0v) is 20.8. The number of rotatable bonds is 14. The second kappa shape index (κ2) is 13.5. The van der Waals surface area contributed by atoms with Crippen LogP contribution in [0.1, 0.15) is 63.0 Å². The average Bonchev–Trinajstić information content (AvgIpc) is 2.86. The van der Waals surface area contributed by atoms with E-state index in [0.717, 1.165) is 73.4 Å². The van der Waals surface area contributed by atoms with Crippen LogP contribution in [0.4, 0.5) is 0 Å². The summed E-state index contributed by atoms with van der Waals surface area (Å²) >= 11 is 0. The topological polar surface area (TPSA) is 78.6 Å². The van der Waals surface area contributed by atoms with Crippen molar-refractivity contribution in [1.82, 2.24) is 4.98 Å². The van der Waals surface area contributed by atoms with E-state index in [-0.39, 0.29) is 11.6 Å². The van der Waals surface area contributed by atoms with E-state index in [4.69, 9.17) is 13.9 Å². The van der Waals surface area contributed by atoms with Crippen molar-refractivity contribution in [3.63, 3.8) is 0 Å². The fourth-order valence-corrected chi connectivity index (χ4v) is 4.15. The lowest BCUT2D eigenvalue weighted by molar-refractivity contribution is -0.137. The Kier molecular flexibility index (Phi) is 10.1. The molecule has 0 fully saturated rings. The summed E-state index contributed by atoms with van der Waals surface area (Å²) in [5, 5.41) is 0.775. The second-order valence-electron chi connectivity index (χ2n) is 8.67. The van der Waals surface area contributed by atoms with Crippen LogP contribution in [0.5, 0.6) is 5.88 Å². The number of aromatic nitrogens is 1. The summed E-state index contributed by atoms with van der Waals surface area (Å²) in [5.74, 6) is 0.109. The monoisotopic (exact) mass is 477 g/mol. The fraction of sp³-hybridized carbons (Fsp3) is 0.414. The molecule has 2 aromatic heterocycles. The minimum Gasteiger partial charge on any atom is -0.478 e. The second-order valence-corrected chi connectivity index (χ2v) is 8.67. The van der Waals surface area contributed by atoms with Crippen molar-refractivity contribution >= 4 is 16.9 Å². The van der Waals surface area contributed by atoms with Gasteiger partial charge in [0.15, 0.2) is 0 Å². The molecule has 35 heavy (non-hydrogen) atoms. The molecule has 0 unspecified atom stereocenters. The first-order valence-corrected chi connectivity index (χ1v) is 12.5. The Morgan fingerprint density at radius 2 is 1.77 bits per heavy atom. The summed E-state index contributed by atoms with van der Waals surface area (Å²) in [7, 11) is 0. The highest BCUT2D eigenvalue weighted by Crippen LogP contribution is 2.28. The van der Waals surface area contributed by atoms with Gasteiger partial charge >= 0.3 is 11.6 Å². The van der Waals surface area contributed by atoms with Crippen LogP contribution in [0.3, 0.4) is 0 Å². The molecule has 0 aliphatic rings. The van der Waals surface area contributed by atoms with E-state index < -0.39 is 0 Å². The van der Waals surface area contributed by atoms with E-state index in [1.165, 1.54) is 6.08 Å². The maximum absolute atomic E-state index is 12.8. The Hall–Kier alpha value is -3.41. The highest BCUT2D eigenvalue weighted by molar-refractivity contribution is 5.83. The third-order valence-electron chi connectivity index (χ3n) is 6.05. The Bertz CT molecular complexity index is 1200. The van der Waals surface area contributed by atoms with Crippen molar-refractivity contribution < 1.29 is 18.7 Å². The van der Waals surface area contributed by atoms with E-state index in [1.807, 2.05) is 31.2 Å². The molecule has 6 heteroatoms. The Morgan fingerprint density at radius 3 is 2.49 bits per heavy atom. The molecule has 186 valence electrons. The molecule has 0 atom stereocenters. The van der Waals surface area contributed by atoms with Crippen molar-refractivity contribution in [2.75, 3.05) is 13.2 Å². The van der Waals surface area contributed by atoms with Gasteiger partial charge in [0.1, 0.15) is 5.58 Å². The van der Waals surface area contributed by atoms with Gasteiger partial charge in [-0.25, -0.2) is 14.6 Å². The van der Waals surface area contributed by atoms with Crippen LogP contribution in [-0.4, -0.2) is 24.2 Å². The van der Waals surface area contributed by atoms with E-state index in [0.29, 0.717) is 30.2 Å². The van der Waals surface area contributed by atoms with Gasteiger partial charge in [0.2, 0.25) is 5.88 Å². The minimum absolute atomic E-state index is 0.350. The molecule has 2 heterocycles. The van der Waals surface area contributed by atoms with Gasteiger partial charge in [0, 0.05) is 23.7 Å². The van der Waals surface area contributed by atoms with Gasteiger partial charge in [-0.1, -0.05) is 63.8 Å². The molecule has 3 rings (SSSR count). The van der Waals surface area contributed by atoms with Gasteiger partial charge in [0.05, 0.1) is 18.8 Å². The number of aryl methyl sites for hydroxylation is 2. The van der Waals surface area contributed by atoms with Crippen LogP contribution in [0.15, 0.2) is 58.4 Å². The number of ether oxygens (including phenoxy) is 2. The zero-order chi connectivity index (χ0) is 25.0. The van der Waals surface area contributed by atoms with Crippen molar-refractivity contribution in [2.24, 2.45) is 0 Å². The maximum atomic E-state index is 12.8. The molecule has 3 aromatic rings. The fourth-order valence-electron chi connectivity index (χ4n) is 4.15. The summed E-state index contributed by atoms with van der Waals surface area (Å²) < 4.78 is 16.4. The number of carbonyl (C=O) groups excluding carboxylic acids is 1. The Labute approximate surface area is 207 Å². The number of hydrogen-bond acceptors (Lipinski definition) is 6. The maximum Gasteiger partial charge on any atom is 0.344 e. The van der Waals surface area contributed by atoms with Crippen molar-refractivity contribution in [3.8, 4) is 17.0 Å². The molecule has 1 aromatic carbocycles. The van der Waals surface area contributed by atoms with Crippen LogP contribution < -0.4 is 10.4 Å². The quantitative estimate of drug-likeness (QED) is 0.149. The lowest BCUT2D eigenvalue weighted by atomic mass is 9.94. The van der Waals surface area contributed by atoms with Crippen molar-refractivity contribution in [3.05, 3.63) is 70.7 Å². The molecule has 6 nitrogen and oxygen atoms in total. The number of unbranched alkanes of at least 4 members (excludes halogenated alkanes) is 6. The van der Waals surface area contributed by atoms with E-state index in [2.05, 4.69) is 18.5 Å². The zero-order valence-electron chi connectivity index (χ0n) is 20.8. The number of hydrogen-bond donors (Lipinski definition) is 0. The summed E-state index contributed by atoms with van der Waals surface area (Å²) in [4.78, 5) is 28.2. The van der Waals surface area contributed by atoms with Gasteiger partial charge in [-0.2, -0.15) is 0 Å². The van der Waals surface area contributed by atoms with Gasteiger partial charge in [-0.3, -0.25) is 0 Å². The molecule has 0 saturated carbocycles. The smallest absolute Gasteiger partial charge is 0.344 e. The molecule has 0 N–H and O–H groups in total. The summed E-state index contributed by atoms with van der Waals surface area (Å²) in [6.45, 7) is 8.50. The summed E-state index contributed by atoms with van der Waals surface area (Å²) in [6.07, 6.45) is 11.1. The minimum atomic E-state index is -0.356. The Morgan fingerprint density at radius 1 is 1.06 bits per heavy atom. The van der Waals surface area contributed by atoms with E-state index in [1.54, 1.807) is 12.3 Å². The van der Waals surface area contributed by atoms with E-state index in [9.17, 15) is 9.59 Å². The van der Waals surface area contributed by atoms with Crippen LogP contribution >= 0.6 is 0 Å². The van der Waals surface area contributed by atoms with Gasteiger partial charge in [0.25, 0.3) is 0 Å². The van der Waals surface area contributed by atoms with Gasteiger partial charge in [-0.15, -0.1) is 0 Å². The molecule has 0 aliphatic carbocycles. The lowest BCUT2D eigenvalue weighted by Gasteiger charge is -2.11. The standard InChI is InChI=1S/C29H35NO5/c1-4-22-15-13-14-21(3)28(22)24-18-23-20-30-26(19-25(23)35-29(24)32)33-16-11-9-7-6-8-10-12-17-34-27(31)5-2/h5,13-15,18-20H,2,4,6-12,16-17H2,1,3H3. The normalized spacial score (nSPS) is 10.9. The molecular weight excluding hydrogens is 442 g/mol. The molecule has 0 radical (unpaired) electrons. The Balaban J connectivity index is 1.45. The number of fused-ring (bicyclic) bond motifs is 1. The predicted octanol–water partition coefficient (Wildman–Crippen LogP) is 6.56. The summed E-state index contributed by atoms with van der Waals surface area (Å²) in [5.41, 5.74) is 3.82. The molecule has 0 saturated heterocycles. The lowest BCUT2D eigenvalue weighted by Crippen LogP contribution is -2.06. The highest BCUT2D eigenvalue weighted by Gasteiger charge is 2.14. The third kappa shape index (κ3) is 7.54. The number of carbonyl (C=O) groups is 1. The van der Waals surface area contributed by atoms with Crippen molar-refractivity contribution in [1.29, 1.82) is 0 Å². The van der Waals surface area contributed by atoms with Crippen LogP contribution in [0.25, 0.3) is 22.1 Å². The average molecular weight is 478 g/mol. The SMILES string of the molecule is C=CC(=O)OCCCCCCCCCOc1cc2oc(=O)c(-c3c(C)cccc3CC)cc2cn1. The highest BCUT2D eigenvalue weighted by atomic mass is 16.5. The van der Waals surface area contributed by atoms with Gasteiger partial charge in [-0.05, 0) is 48.9 Å². The van der Waals surface area contributed by atoms with Crippen LogP contribution in [-0.2, 0) is 16.0 Å². The third-order valence-corrected chi connectivity index (χ3v) is 6.05. The largest absolute Gasteiger partial charge is 0.478 e. The molecular formula is C29H35NO5. The number of esters is 1. The number of nitrogens with zero attached hydrogens (tertiary/aromatic N) is 1.